The van der Waals surface area contributed by atoms with Crippen LogP contribution in [0.25, 0.3) is 0 Å². The van der Waals surface area contributed by atoms with Gasteiger partial charge in [-0.2, -0.15) is 13.2 Å². The maximum Gasteiger partial charge on any atom is 0.415 e. The number of rotatable bonds is 4. The summed E-state index contributed by atoms with van der Waals surface area (Å²) >= 11 is 0. The van der Waals surface area contributed by atoms with Crippen molar-refractivity contribution >= 4 is 0 Å². The molecule has 0 saturated carbocycles. The van der Waals surface area contributed by atoms with Crippen LogP contribution >= 0.6 is 0 Å². The van der Waals surface area contributed by atoms with E-state index in [2.05, 4.69) is 10.3 Å². The van der Waals surface area contributed by atoms with Crippen LogP contribution in [0.1, 0.15) is 11.3 Å². The van der Waals surface area contributed by atoms with Gasteiger partial charge in [0.1, 0.15) is 0 Å². The van der Waals surface area contributed by atoms with Crippen molar-refractivity contribution in [3.63, 3.8) is 0 Å². The van der Waals surface area contributed by atoms with Crippen molar-refractivity contribution in [2.24, 2.45) is 0 Å². The molecule has 0 fully saturated rings. The Morgan fingerprint density at radius 3 is 2.75 bits per heavy atom. The SMILES string of the molecule is Cc1cccnc1CNCC(O)C(F)(F)F. The quantitative estimate of drug-likeness (QED) is 0.827. The molecule has 0 amide bonds. The number of aryl methyl sites for hydroxylation is 1. The molecule has 1 heterocycles. The van der Waals surface area contributed by atoms with Crippen molar-refractivity contribution in [3.05, 3.63) is 29.6 Å². The first-order valence-corrected chi connectivity index (χ1v) is 4.77. The number of nitrogens with one attached hydrogen (secondary N) is 1. The molecule has 1 aromatic heterocycles. The molecule has 6 heteroatoms. The molecule has 1 unspecified atom stereocenters. The first-order chi connectivity index (χ1) is 7.41. The van der Waals surface area contributed by atoms with Crippen LogP contribution in [-0.2, 0) is 6.54 Å². The van der Waals surface area contributed by atoms with Gasteiger partial charge < -0.3 is 10.4 Å². The zero-order valence-corrected chi connectivity index (χ0v) is 8.75. The highest BCUT2D eigenvalue weighted by Gasteiger charge is 2.37. The Bertz CT molecular complexity index is 341. The van der Waals surface area contributed by atoms with E-state index in [1.807, 2.05) is 13.0 Å². The van der Waals surface area contributed by atoms with Crippen LogP contribution in [0.15, 0.2) is 18.3 Å². The molecule has 90 valence electrons. The third-order valence-electron chi connectivity index (χ3n) is 2.13. The van der Waals surface area contributed by atoms with Crippen LogP contribution in [0.2, 0.25) is 0 Å². The Labute approximate surface area is 91.3 Å². The van der Waals surface area contributed by atoms with E-state index in [0.717, 1.165) is 5.56 Å². The lowest BCUT2D eigenvalue weighted by Crippen LogP contribution is -2.38. The Balaban J connectivity index is 2.40. The van der Waals surface area contributed by atoms with Crippen molar-refractivity contribution < 1.29 is 18.3 Å². The molecule has 1 aromatic rings. The Morgan fingerprint density at radius 2 is 2.19 bits per heavy atom. The van der Waals surface area contributed by atoms with Gasteiger partial charge in [0.2, 0.25) is 0 Å². The normalized spacial score (nSPS) is 13.8. The smallest absolute Gasteiger partial charge is 0.382 e. The van der Waals surface area contributed by atoms with Gasteiger partial charge in [0.05, 0.1) is 5.69 Å². The number of aromatic nitrogens is 1. The highest BCUT2D eigenvalue weighted by Crippen LogP contribution is 2.19. The molecule has 0 aromatic carbocycles. The lowest BCUT2D eigenvalue weighted by atomic mass is 10.2. The van der Waals surface area contributed by atoms with Gasteiger partial charge in [0, 0.05) is 19.3 Å². The number of halogens is 3. The first kappa shape index (κ1) is 12.9. The number of aliphatic hydroxyl groups excluding tert-OH is 1. The predicted molar refractivity (Wildman–Crippen MR) is 52.7 cm³/mol. The zero-order valence-electron chi connectivity index (χ0n) is 8.75. The van der Waals surface area contributed by atoms with E-state index in [9.17, 15) is 13.2 Å². The summed E-state index contributed by atoms with van der Waals surface area (Å²) in [5.41, 5.74) is 1.58. The highest BCUT2D eigenvalue weighted by atomic mass is 19.4. The molecule has 0 bridgehead atoms. The second-order valence-electron chi connectivity index (χ2n) is 3.46. The van der Waals surface area contributed by atoms with E-state index in [1.54, 1.807) is 12.3 Å². The minimum atomic E-state index is -4.58. The van der Waals surface area contributed by atoms with Crippen molar-refractivity contribution in [1.82, 2.24) is 10.3 Å². The van der Waals surface area contributed by atoms with Gasteiger partial charge >= 0.3 is 6.18 Å². The van der Waals surface area contributed by atoms with Gasteiger partial charge in [-0.05, 0) is 18.6 Å². The van der Waals surface area contributed by atoms with Crippen LogP contribution in [0, 0.1) is 6.92 Å². The number of nitrogens with zero attached hydrogens (tertiary/aromatic N) is 1. The summed E-state index contributed by atoms with van der Waals surface area (Å²) in [6.07, 6.45) is -5.34. The molecule has 0 aliphatic rings. The van der Waals surface area contributed by atoms with Gasteiger partial charge in [0.15, 0.2) is 6.10 Å². The molecular formula is C10H13F3N2O. The second kappa shape index (κ2) is 5.27. The fraction of sp³-hybridized carbons (Fsp3) is 0.500. The summed E-state index contributed by atoms with van der Waals surface area (Å²) in [5.74, 6) is 0. The fourth-order valence-electron chi connectivity index (χ4n) is 1.15. The average molecular weight is 234 g/mol. The standard InChI is InChI=1S/C10H13F3N2O/c1-7-3-2-4-15-8(7)5-14-6-9(16)10(11,12)13/h2-4,9,14,16H,5-6H2,1H3. The van der Waals surface area contributed by atoms with Crippen LogP contribution in [0.5, 0.6) is 0 Å². The van der Waals surface area contributed by atoms with Crippen LogP contribution in [-0.4, -0.2) is 28.9 Å². The van der Waals surface area contributed by atoms with Crippen molar-refractivity contribution in [2.45, 2.75) is 25.7 Å². The molecule has 16 heavy (non-hydrogen) atoms. The molecule has 1 atom stereocenters. The summed E-state index contributed by atoms with van der Waals surface area (Å²) in [4.78, 5) is 4.01. The van der Waals surface area contributed by atoms with E-state index in [0.29, 0.717) is 5.69 Å². The average Bonchev–Trinajstić information content (AvgIpc) is 2.19. The summed E-state index contributed by atoms with van der Waals surface area (Å²) in [7, 11) is 0. The van der Waals surface area contributed by atoms with Crippen LogP contribution < -0.4 is 5.32 Å². The molecule has 0 radical (unpaired) electrons. The van der Waals surface area contributed by atoms with Gasteiger partial charge in [-0.15, -0.1) is 0 Å². The summed E-state index contributed by atoms with van der Waals surface area (Å²) in [6, 6.07) is 3.58. The molecule has 2 N–H and O–H groups in total. The van der Waals surface area contributed by atoms with Gasteiger partial charge in [0.25, 0.3) is 0 Å². The summed E-state index contributed by atoms with van der Waals surface area (Å²) in [5, 5.41) is 11.2. The van der Waals surface area contributed by atoms with E-state index >= 15 is 0 Å². The topological polar surface area (TPSA) is 45.2 Å². The molecule has 0 aliphatic carbocycles. The van der Waals surface area contributed by atoms with E-state index < -0.39 is 18.8 Å². The van der Waals surface area contributed by atoms with E-state index in [-0.39, 0.29) is 6.54 Å². The number of alkyl halides is 3. The third-order valence-corrected chi connectivity index (χ3v) is 2.13. The van der Waals surface area contributed by atoms with Gasteiger partial charge in [-0.25, -0.2) is 0 Å². The summed E-state index contributed by atoms with van der Waals surface area (Å²) < 4.78 is 35.8. The number of aliphatic hydroxyl groups is 1. The lowest BCUT2D eigenvalue weighted by molar-refractivity contribution is -0.201. The molecule has 0 saturated heterocycles. The Morgan fingerprint density at radius 1 is 1.50 bits per heavy atom. The zero-order chi connectivity index (χ0) is 12.2. The van der Waals surface area contributed by atoms with Crippen molar-refractivity contribution in [3.8, 4) is 0 Å². The Kier molecular flexibility index (Phi) is 4.26. The fourth-order valence-corrected chi connectivity index (χ4v) is 1.15. The maximum absolute atomic E-state index is 11.9. The van der Waals surface area contributed by atoms with Gasteiger partial charge in [-0.3, -0.25) is 4.98 Å². The number of pyridine rings is 1. The molecule has 0 spiro atoms. The molecule has 3 nitrogen and oxygen atoms in total. The predicted octanol–water partition coefficient (Wildman–Crippen LogP) is 1.40. The molecule has 1 rings (SSSR count). The van der Waals surface area contributed by atoms with E-state index in [1.165, 1.54) is 0 Å². The van der Waals surface area contributed by atoms with Crippen molar-refractivity contribution in [1.29, 1.82) is 0 Å². The van der Waals surface area contributed by atoms with Gasteiger partial charge in [-0.1, -0.05) is 6.07 Å². The lowest BCUT2D eigenvalue weighted by Gasteiger charge is -2.15. The monoisotopic (exact) mass is 234 g/mol. The largest absolute Gasteiger partial charge is 0.415 e. The minimum absolute atomic E-state index is 0.208. The number of hydrogen-bond donors (Lipinski definition) is 2. The number of hydrogen-bond acceptors (Lipinski definition) is 3. The third kappa shape index (κ3) is 3.79. The first-order valence-electron chi connectivity index (χ1n) is 4.77. The van der Waals surface area contributed by atoms with Crippen LogP contribution in [0.3, 0.4) is 0 Å². The van der Waals surface area contributed by atoms with Crippen molar-refractivity contribution in [2.75, 3.05) is 6.54 Å². The maximum atomic E-state index is 11.9. The molecule has 0 aliphatic heterocycles. The highest BCUT2D eigenvalue weighted by molar-refractivity contribution is 5.17. The minimum Gasteiger partial charge on any atom is -0.382 e. The van der Waals surface area contributed by atoms with Crippen LogP contribution in [0.4, 0.5) is 13.2 Å². The van der Waals surface area contributed by atoms with E-state index in [4.69, 9.17) is 5.11 Å². The second-order valence-corrected chi connectivity index (χ2v) is 3.46. The summed E-state index contributed by atoms with van der Waals surface area (Å²) in [6.45, 7) is 1.50. The molecular weight excluding hydrogens is 221 g/mol. The Hall–Kier alpha value is -1.14.